The van der Waals surface area contributed by atoms with E-state index in [9.17, 15) is 5.21 Å². The van der Waals surface area contributed by atoms with Gasteiger partial charge in [-0.1, -0.05) is 13.8 Å². The van der Waals surface area contributed by atoms with Crippen LogP contribution in [0.25, 0.3) is 0 Å². The molecule has 1 atom stereocenters. The molecule has 3 nitrogen and oxygen atoms in total. The fraction of sp³-hybridized carbons (Fsp3) is 1.00. The number of rotatable bonds is 0. The molecule has 0 amide bonds. The Morgan fingerprint density at radius 3 is 2.25 bits per heavy atom. The van der Waals surface area contributed by atoms with Gasteiger partial charge in [0.05, 0.1) is 0 Å². The highest BCUT2D eigenvalue weighted by molar-refractivity contribution is 4.99. The molecule has 0 aromatic heterocycles. The molecule has 0 spiro atoms. The summed E-state index contributed by atoms with van der Waals surface area (Å²) in [6, 6.07) is 0.137. The Labute approximate surface area is 74.5 Å². The second-order valence-electron chi connectivity index (χ2n) is 5.15. The van der Waals surface area contributed by atoms with E-state index in [2.05, 4.69) is 13.8 Å². The summed E-state index contributed by atoms with van der Waals surface area (Å²) < 4.78 is 0. The van der Waals surface area contributed by atoms with Crippen LogP contribution in [0, 0.1) is 10.6 Å². The smallest absolute Gasteiger partial charge is 0.0119 e. The SMILES string of the molecule is CC1(C)CN([O-])C(C)(C)CC1N. The maximum atomic E-state index is 11.5. The summed E-state index contributed by atoms with van der Waals surface area (Å²) >= 11 is 0. The van der Waals surface area contributed by atoms with Crippen molar-refractivity contribution in [1.82, 2.24) is 5.06 Å². The monoisotopic (exact) mass is 171 g/mol. The Hall–Kier alpha value is -0.120. The fourth-order valence-electron chi connectivity index (χ4n) is 1.62. The molecule has 1 aliphatic rings. The molecule has 0 aromatic rings. The van der Waals surface area contributed by atoms with Crippen LogP contribution in [0.1, 0.15) is 34.1 Å². The predicted molar refractivity (Wildman–Crippen MR) is 50.5 cm³/mol. The van der Waals surface area contributed by atoms with Gasteiger partial charge in [0.2, 0.25) is 0 Å². The summed E-state index contributed by atoms with van der Waals surface area (Å²) in [6.07, 6.45) is 0.781. The minimum Gasteiger partial charge on any atom is -0.785 e. The molecule has 0 radical (unpaired) electrons. The van der Waals surface area contributed by atoms with Crippen LogP contribution < -0.4 is 5.73 Å². The highest BCUT2D eigenvalue weighted by Gasteiger charge is 2.38. The lowest BCUT2D eigenvalue weighted by atomic mass is 9.74. The quantitative estimate of drug-likeness (QED) is 0.598. The van der Waals surface area contributed by atoms with E-state index in [4.69, 9.17) is 5.73 Å². The number of hydrogen-bond acceptors (Lipinski definition) is 3. The molecule has 1 fully saturated rings. The van der Waals surface area contributed by atoms with Gasteiger partial charge in [0, 0.05) is 11.6 Å². The zero-order chi connectivity index (χ0) is 9.57. The van der Waals surface area contributed by atoms with Crippen LogP contribution in [-0.2, 0) is 0 Å². The van der Waals surface area contributed by atoms with Crippen molar-refractivity contribution in [3.8, 4) is 0 Å². The van der Waals surface area contributed by atoms with Gasteiger partial charge in [-0.05, 0) is 32.2 Å². The second-order valence-corrected chi connectivity index (χ2v) is 5.15. The standard InChI is InChI=1S/C9H19N2O/c1-8(2)6-11(12)9(3,4)5-7(8)10/h7H,5-6,10H2,1-4H3/q-1. The summed E-state index contributed by atoms with van der Waals surface area (Å²) in [5.41, 5.74) is 5.66. The molecule has 1 unspecified atom stereocenters. The van der Waals surface area contributed by atoms with Crippen LogP contribution in [0.5, 0.6) is 0 Å². The number of hydroxylamine groups is 2. The molecule has 1 saturated heterocycles. The molecular weight excluding hydrogens is 152 g/mol. The van der Waals surface area contributed by atoms with Gasteiger partial charge >= 0.3 is 0 Å². The summed E-state index contributed by atoms with van der Waals surface area (Å²) in [7, 11) is 0. The lowest BCUT2D eigenvalue weighted by Crippen LogP contribution is -2.59. The first-order valence-electron chi connectivity index (χ1n) is 4.46. The maximum Gasteiger partial charge on any atom is 0.0119 e. The summed E-state index contributed by atoms with van der Waals surface area (Å²) in [5.74, 6) is 0. The number of hydrogen-bond donors (Lipinski definition) is 1. The minimum absolute atomic E-state index is 0.0444. The van der Waals surface area contributed by atoms with E-state index in [-0.39, 0.29) is 17.0 Å². The van der Waals surface area contributed by atoms with Crippen LogP contribution in [-0.4, -0.2) is 23.2 Å². The Morgan fingerprint density at radius 2 is 1.83 bits per heavy atom. The van der Waals surface area contributed by atoms with Crippen molar-refractivity contribution < 1.29 is 0 Å². The normalized spacial score (nSPS) is 35.0. The number of piperidine rings is 1. The van der Waals surface area contributed by atoms with E-state index in [1.807, 2.05) is 13.8 Å². The molecule has 1 heterocycles. The highest BCUT2D eigenvalue weighted by Crippen LogP contribution is 2.35. The van der Waals surface area contributed by atoms with Crippen molar-refractivity contribution in [2.24, 2.45) is 11.1 Å². The molecule has 0 aliphatic carbocycles. The van der Waals surface area contributed by atoms with Crippen LogP contribution in [0.15, 0.2) is 0 Å². The molecule has 1 rings (SSSR count). The number of nitrogens with zero attached hydrogens (tertiary/aromatic N) is 1. The Morgan fingerprint density at radius 1 is 1.33 bits per heavy atom. The van der Waals surface area contributed by atoms with Crippen LogP contribution in [0.2, 0.25) is 0 Å². The third-order valence-corrected chi connectivity index (χ3v) is 2.95. The topological polar surface area (TPSA) is 52.3 Å². The Balaban J connectivity index is 2.76. The highest BCUT2D eigenvalue weighted by atomic mass is 16.5. The third kappa shape index (κ3) is 1.63. The van der Waals surface area contributed by atoms with Gasteiger partial charge in [0.15, 0.2) is 0 Å². The third-order valence-electron chi connectivity index (χ3n) is 2.95. The lowest BCUT2D eigenvalue weighted by molar-refractivity contribution is 0.0331. The van der Waals surface area contributed by atoms with Crippen molar-refractivity contribution in [1.29, 1.82) is 0 Å². The lowest BCUT2D eigenvalue weighted by Gasteiger charge is -2.56. The van der Waals surface area contributed by atoms with E-state index in [0.717, 1.165) is 11.5 Å². The van der Waals surface area contributed by atoms with Gasteiger partial charge in [-0.3, -0.25) is 0 Å². The molecule has 2 N–H and O–H groups in total. The Bertz CT molecular complexity index is 157. The van der Waals surface area contributed by atoms with Crippen LogP contribution >= 0.6 is 0 Å². The largest absolute Gasteiger partial charge is 0.785 e. The summed E-state index contributed by atoms with van der Waals surface area (Å²) in [5, 5.41) is 12.7. The number of nitrogens with two attached hydrogens (primary N) is 1. The van der Waals surface area contributed by atoms with Gasteiger partial charge in [-0.2, -0.15) is 0 Å². The van der Waals surface area contributed by atoms with E-state index in [1.165, 1.54) is 0 Å². The van der Waals surface area contributed by atoms with Crippen LogP contribution in [0.3, 0.4) is 0 Å². The molecule has 3 heteroatoms. The molecule has 1 aliphatic heterocycles. The van der Waals surface area contributed by atoms with E-state index >= 15 is 0 Å². The zero-order valence-corrected chi connectivity index (χ0v) is 8.42. The first-order chi connectivity index (χ1) is 5.26. The average Bonchev–Trinajstić information content (AvgIpc) is 1.82. The first-order valence-corrected chi connectivity index (χ1v) is 4.46. The molecule has 0 saturated carbocycles. The first kappa shape index (κ1) is 9.96. The van der Waals surface area contributed by atoms with Gasteiger partial charge in [0.1, 0.15) is 0 Å². The summed E-state index contributed by atoms with van der Waals surface area (Å²) in [4.78, 5) is 0. The molecule has 12 heavy (non-hydrogen) atoms. The van der Waals surface area contributed by atoms with Gasteiger partial charge in [0.25, 0.3) is 0 Å². The van der Waals surface area contributed by atoms with E-state index < -0.39 is 0 Å². The van der Waals surface area contributed by atoms with Crippen LogP contribution in [0.4, 0.5) is 0 Å². The van der Waals surface area contributed by atoms with Crippen molar-refractivity contribution in [2.75, 3.05) is 6.54 Å². The molecular formula is C9H19N2O-. The minimum atomic E-state index is -0.283. The fourth-order valence-corrected chi connectivity index (χ4v) is 1.62. The summed E-state index contributed by atoms with van der Waals surface area (Å²) in [6.45, 7) is 8.56. The van der Waals surface area contributed by atoms with Crippen molar-refractivity contribution in [3.63, 3.8) is 0 Å². The van der Waals surface area contributed by atoms with Crippen molar-refractivity contribution in [2.45, 2.75) is 45.7 Å². The zero-order valence-electron chi connectivity index (χ0n) is 8.42. The van der Waals surface area contributed by atoms with Crippen molar-refractivity contribution >= 4 is 0 Å². The van der Waals surface area contributed by atoms with Crippen molar-refractivity contribution in [3.05, 3.63) is 5.21 Å². The van der Waals surface area contributed by atoms with Gasteiger partial charge < -0.3 is 16.0 Å². The van der Waals surface area contributed by atoms with E-state index in [0.29, 0.717) is 6.54 Å². The predicted octanol–water partition coefficient (Wildman–Crippen LogP) is 1.32. The molecule has 0 aromatic carbocycles. The van der Waals surface area contributed by atoms with Gasteiger partial charge in [-0.25, -0.2) is 0 Å². The second kappa shape index (κ2) is 2.69. The Kier molecular flexibility index (Phi) is 2.23. The maximum absolute atomic E-state index is 11.5. The van der Waals surface area contributed by atoms with Gasteiger partial charge in [-0.15, -0.1) is 0 Å². The molecule has 72 valence electrons. The van der Waals surface area contributed by atoms with E-state index in [1.54, 1.807) is 0 Å². The molecule has 0 bridgehead atoms. The average molecular weight is 171 g/mol.